The smallest absolute Gasteiger partial charge is 0.328 e. The molecule has 2 atom stereocenters. The van der Waals surface area contributed by atoms with Crippen LogP contribution in [0.25, 0.3) is 0 Å². The highest BCUT2D eigenvalue weighted by Gasteiger charge is 2.35. The third-order valence-electron chi connectivity index (χ3n) is 3.84. The highest BCUT2D eigenvalue weighted by molar-refractivity contribution is 5.85. The van der Waals surface area contributed by atoms with Crippen LogP contribution in [0.3, 0.4) is 0 Å². The van der Waals surface area contributed by atoms with Gasteiger partial charge in [-0.25, -0.2) is 4.79 Å². The minimum atomic E-state index is -0.364. The molecule has 108 valence electrons. The summed E-state index contributed by atoms with van der Waals surface area (Å²) in [6.07, 6.45) is 5.22. The van der Waals surface area contributed by atoms with E-state index in [0.29, 0.717) is 19.6 Å². The van der Waals surface area contributed by atoms with Crippen molar-refractivity contribution >= 4 is 11.9 Å². The molecule has 2 heterocycles. The minimum Gasteiger partial charge on any atom is -0.464 e. The van der Waals surface area contributed by atoms with Crippen LogP contribution < -0.4 is 0 Å². The molecule has 0 aromatic rings. The molecule has 0 saturated carbocycles. The first-order valence-electron chi connectivity index (χ1n) is 7.30. The van der Waals surface area contributed by atoms with Crippen molar-refractivity contribution in [3.05, 3.63) is 0 Å². The lowest BCUT2D eigenvalue weighted by atomic mass is 10.1. The number of hydrogen-bond acceptors (Lipinski definition) is 4. The Morgan fingerprint density at radius 3 is 2.84 bits per heavy atom. The van der Waals surface area contributed by atoms with E-state index in [1.165, 1.54) is 0 Å². The van der Waals surface area contributed by atoms with Gasteiger partial charge in [0.05, 0.1) is 12.7 Å². The Kier molecular flexibility index (Phi) is 5.19. The second kappa shape index (κ2) is 6.89. The molecule has 5 heteroatoms. The summed E-state index contributed by atoms with van der Waals surface area (Å²) in [5.41, 5.74) is 0. The van der Waals surface area contributed by atoms with Crippen molar-refractivity contribution in [2.75, 3.05) is 19.8 Å². The molecular formula is C14H23NO4. The molecule has 2 unspecified atom stereocenters. The molecule has 0 aromatic carbocycles. The minimum absolute atomic E-state index is 0.0612. The molecule has 0 bridgehead atoms. The van der Waals surface area contributed by atoms with E-state index in [-0.39, 0.29) is 24.0 Å². The van der Waals surface area contributed by atoms with Crippen LogP contribution in [0, 0.1) is 0 Å². The molecule has 2 aliphatic rings. The van der Waals surface area contributed by atoms with Gasteiger partial charge in [0.1, 0.15) is 6.04 Å². The average molecular weight is 269 g/mol. The number of likely N-dealkylation sites (tertiary alicyclic amines) is 1. The topological polar surface area (TPSA) is 55.8 Å². The molecule has 0 spiro atoms. The standard InChI is InChI=1S/C14H23NO4/c1-2-18-14(17)12-6-3-9-15(12)13(16)8-7-11-5-4-10-19-11/h11-12H,2-10H2,1H3. The van der Waals surface area contributed by atoms with Crippen molar-refractivity contribution in [1.82, 2.24) is 4.90 Å². The van der Waals surface area contributed by atoms with E-state index in [1.54, 1.807) is 11.8 Å². The molecule has 2 saturated heterocycles. The van der Waals surface area contributed by atoms with E-state index in [0.717, 1.165) is 38.7 Å². The average Bonchev–Trinajstić information content (AvgIpc) is 3.07. The second-order valence-corrected chi connectivity index (χ2v) is 5.17. The maximum atomic E-state index is 12.2. The Labute approximate surface area is 114 Å². The number of amides is 1. The first-order chi connectivity index (χ1) is 9.22. The maximum absolute atomic E-state index is 12.2. The van der Waals surface area contributed by atoms with Gasteiger partial charge in [0.2, 0.25) is 5.91 Å². The molecule has 2 fully saturated rings. The Morgan fingerprint density at radius 1 is 1.32 bits per heavy atom. The van der Waals surface area contributed by atoms with Gasteiger partial charge in [-0.3, -0.25) is 4.79 Å². The highest BCUT2D eigenvalue weighted by atomic mass is 16.5. The van der Waals surface area contributed by atoms with E-state index in [4.69, 9.17) is 9.47 Å². The molecule has 0 N–H and O–H groups in total. The third-order valence-corrected chi connectivity index (χ3v) is 3.84. The zero-order valence-corrected chi connectivity index (χ0v) is 11.6. The van der Waals surface area contributed by atoms with Crippen molar-refractivity contribution in [3.8, 4) is 0 Å². The number of rotatable bonds is 5. The zero-order chi connectivity index (χ0) is 13.7. The van der Waals surface area contributed by atoms with Gasteiger partial charge >= 0.3 is 5.97 Å². The van der Waals surface area contributed by atoms with E-state index in [2.05, 4.69) is 0 Å². The van der Waals surface area contributed by atoms with Gasteiger partial charge in [-0.05, 0) is 39.0 Å². The Bertz CT molecular complexity index is 325. The normalized spacial score (nSPS) is 26.7. The van der Waals surface area contributed by atoms with Gasteiger partial charge in [0, 0.05) is 19.6 Å². The molecule has 5 nitrogen and oxygen atoms in total. The van der Waals surface area contributed by atoms with E-state index < -0.39 is 0 Å². The van der Waals surface area contributed by atoms with Crippen LogP contribution in [0.1, 0.15) is 45.4 Å². The van der Waals surface area contributed by atoms with Crippen molar-refractivity contribution in [3.63, 3.8) is 0 Å². The molecule has 0 aliphatic carbocycles. The predicted molar refractivity (Wildman–Crippen MR) is 69.6 cm³/mol. The van der Waals surface area contributed by atoms with Gasteiger partial charge in [-0.15, -0.1) is 0 Å². The van der Waals surface area contributed by atoms with E-state index >= 15 is 0 Å². The lowest BCUT2D eigenvalue weighted by molar-refractivity contribution is -0.153. The quantitative estimate of drug-likeness (QED) is 0.710. The number of hydrogen-bond donors (Lipinski definition) is 0. The monoisotopic (exact) mass is 269 g/mol. The van der Waals surface area contributed by atoms with Gasteiger partial charge in [0.15, 0.2) is 0 Å². The molecule has 1 amide bonds. The third kappa shape index (κ3) is 3.69. The van der Waals surface area contributed by atoms with Crippen molar-refractivity contribution in [2.24, 2.45) is 0 Å². The lowest BCUT2D eigenvalue weighted by Crippen LogP contribution is -2.41. The largest absolute Gasteiger partial charge is 0.464 e. The Hall–Kier alpha value is -1.10. The molecule has 2 aliphatic heterocycles. The van der Waals surface area contributed by atoms with Crippen molar-refractivity contribution in [1.29, 1.82) is 0 Å². The Morgan fingerprint density at radius 2 is 2.16 bits per heavy atom. The van der Waals surface area contributed by atoms with Crippen molar-refractivity contribution < 1.29 is 19.1 Å². The van der Waals surface area contributed by atoms with Crippen LogP contribution in [-0.4, -0.2) is 48.7 Å². The zero-order valence-electron chi connectivity index (χ0n) is 11.6. The summed E-state index contributed by atoms with van der Waals surface area (Å²) in [6, 6.07) is -0.364. The second-order valence-electron chi connectivity index (χ2n) is 5.17. The first-order valence-corrected chi connectivity index (χ1v) is 7.30. The fraction of sp³-hybridized carbons (Fsp3) is 0.857. The van der Waals surface area contributed by atoms with Crippen LogP contribution in [0.4, 0.5) is 0 Å². The molecule has 2 rings (SSSR count). The fourth-order valence-electron chi connectivity index (χ4n) is 2.85. The summed E-state index contributed by atoms with van der Waals surface area (Å²) < 4.78 is 10.5. The Balaban J connectivity index is 1.81. The molecule has 19 heavy (non-hydrogen) atoms. The van der Waals surface area contributed by atoms with Gasteiger partial charge in [-0.2, -0.15) is 0 Å². The van der Waals surface area contributed by atoms with E-state index in [9.17, 15) is 9.59 Å². The SMILES string of the molecule is CCOC(=O)C1CCCN1C(=O)CCC1CCCO1. The van der Waals surface area contributed by atoms with Crippen LogP contribution >= 0.6 is 0 Å². The summed E-state index contributed by atoms with van der Waals surface area (Å²) in [4.78, 5) is 25.7. The van der Waals surface area contributed by atoms with E-state index in [1.807, 2.05) is 0 Å². The number of ether oxygens (including phenoxy) is 2. The van der Waals surface area contributed by atoms with Crippen LogP contribution in [0.15, 0.2) is 0 Å². The summed E-state index contributed by atoms with van der Waals surface area (Å²) in [6.45, 7) is 3.64. The molecule has 0 radical (unpaired) electrons. The molecular weight excluding hydrogens is 246 g/mol. The van der Waals surface area contributed by atoms with Crippen LogP contribution in [0.2, 0.25) is 0 Å². The first kappa shape index (κ1) is 14.3. The lowest BCUT2D eigenvalue weighted by Gasteiger charge is -2.23. The number of carbonyl (C=O) groups excluding carboxylic acids is 2. The summed E-state index contributed by atoms with van der Waals surface area (Å²) in [5.74, 6) is -0.198. The van der Waals surface area contributed by atoms with Crippen LogP contribution in [0.5, 0.6) is 0 Å². The highest BCUT2D eigenvalue weighted by Crippen LogP contribution is 2.22. The number of esters is 1. The van der Waals surface area contributed by atoms with Gasteiger partial charge < -0.3 is 14.4 Å². The molecule has 0 aromatic heterocycles. The van der Waals surface area contributed by atoms with Crippen LogP contribution in [-0.2, 0) is 19.1 Å². The number of carbonyl (C=O) groups is 2. The van der Waals surface area contributed by atoms with Crippen molar-refractivity contribution in [2.45, 2.75) is 57.6 Å². The van der Waals surface area contributed by atoms with Gasteiger partial charge in [0.25, 0.3) is 0 Å². The predicted octanol–water partition coefficient (Wildman–Crippen LogP) is 1.50. The summed E-state index contributed by atoms with van der Waals surface area (Å²) >= 11 is 0. The maximum Gasteiger partial charge on any atom is 0.328 e. The summed E-state index contributed by atoms with van der Waals surface area (Å²) in [7, 11) is 0. The summed E-state index contributed by atoms with van der Waals surface area (Å²) in [5, 5.41) is 0. The number of nitrogens with zero attached hydrogens (tertiary/aromatic N) is 1. The fourth-order valence-corrected chi connectivity index (χ4v) is 2.85. The van der Waals surface area contributed by atoms with Gasteiger partial charge in [-0.1, -0.05) is 0 Å².